The molecule has 0 aromatic heterocycles. The van der Waals surface area contributed by atoms with E-state index < -0.39 is 32.4 Å². The van der Waals surface area contributed by atoms with Gasteiger partial charge in [-0.2, -0.15) is 0 Å². The lowest BCUT2D eigenvalue weighted by molar-refractivity contribution is -0.137. The molecule has 0 aliphatic heterocycles. The number of carboxylic acids is 1. The molecular formula is C21H24O6S. The van der Waals surface area contributed by atoms with Crippen molar-refractivity contribution < 1.29 is 27.9 Å². The molecule has 0 fully saturated rings. The van der Waals surface area contributed by atoms with Crippen LogP contribution in [0.25, 0.3) is 0 Å². The normalized spacial score (nSPS) is 12.9. The highest BCUT2D eigenvalue weighted by atomic mass is 32.2. The van der Waals surface area contributed by atoms with Gasteiger partial charge in [-0.3, -0.25) is 4.79 Å². The fourth-order valence-electron chi connectivity index (χ4n) is 2.69. The Morgan fingerprint density at radius 1 is 1.00 bits per heavy atom. The van der Waals surface area contributed by atoms with Crippen molar-refractivity contribution in [2.45, 2.75) is 30.9 Å². The molecule has 1 atom stereocenters. The second-order valence-corrected chi connectivity index (χ2v) is 9.86. The summed E-state index contributed by atoms with van der Waals surface area (Å²) in [5, 5.41) is 9.18. The van der Waals surface area contributed by atoms with Crippen LogP contribution in [0, 0.1) is 0 Å². The molecule has 2 rings (SSSR count). The first-order chi connectivity index (χ1) is 13.1. The molecule has 0 radical (unpaired) electrons. The van der Waals surface area contributed by atoms with Crippen LogP contribution in [0.5, 0.6) is 0 Å². The van der Waals surface area contributed by atoms with Crippen LogP contribution in [0.15, 0.2) is 60.7 Å². The largest absolute Gasteiger partial charge is 0.481 e. The van der Waals surface area contributed by atoms with Crippen molar-refractivity contribution in [3.8, 4) is 0 Å². The summed E-state index contributed by atoms with van der Waals surface area (Å²) in [4.78, 5) is 23.3. The van der Waals surface area contributed by atoms with Gasteiger partial charge in [-0.05, 0) is 31.5 Å². The number of esters is 1. The quantitative estimate of drug-likeness (QED) is 0.644. The smallest absolute Gasteiger partial charge is 0.338 e. The highest BCUT2D eigenvalue weighted by Gasteiger charge is 2.38. The Morgan fingerprint density at radius 2 is 1.54 bits per heavy atom. The third-order valence-corrected chi connectivity index (χ3v) is 7.16. The van der Waals surface area contributed by atoms with E-state index in [2.05, 4.69) is 0 Å². The first kappa shape index (κ1) is 21.6. The molecular weight excluding hydrogens is 380 g/mol. The van der Waals surface area contributed by atoms with Gasteiger partial charge in [0.05, 0.1) is 17.7 Å². The lowest BCUT2D eigenvalue weighted by Crippen LogP contribution is -2.41. The van der Waals surface area contributed by atoms with Crippen molar-refractivity contribution in [2.24, 2.45) is 0 Å². The summed E-state index contributed by atoms with van der Waals surface area (Å²) in [5.74, 6) is -2.71. The first-order valence-electron chi connectivity index (χ1n) is 8.83. The number of carbonyl (C=O) groups excluding carboxylic acids is 1. The molecule has 7 heteroatoms. The molecule has 0 aliphatic carbocycles. The minimum absolute atomic E-state index is 0.302. The zero-order chi connectivity index (χ0) is 20.8. The summed E-state index contributed by atoms with van der Waals surface area (Å²) in [5.41, 5.74) is 0.981. The molecule has 150 valence electrons. The van der Waals surface area contributed by atoms with Gasteiger partial charge in [0.2, 0.25) is 0 Å². The van der Waals surface area contributed by atoms with Gasteiger partial charge in [-0.1, -0.05) is 48.5 Å². The lowest BCUT2D eigenvalue weighted by atomic mass is 9.98. The van der Waals surface area contributed by atoms with Gasteiger partial charge in [0.1, 0.15) is 11.4 Å². The molecule has 0 bridgehead atoms. The maximum absolute atomic E-state index is 13.0. The van der Waals surface area contributed by atoms with E-state index in [4.69, 9.17) is 4.74 Å². The van der Waals surface area contributed by atoms with E-state index >= 15 is 0 Å². The summed E-state index contributed by atoms with van der Waals surface area (Å²) in [6, 6.07) is 17.0. The average molecular weight is 404 g/mol. The second-order valence-electron chi connectivity index (χ2n) is 7.19. The van der Waals surface area contributed by atoms with Crippen LogP contribution in [0.1, 0.15) is 42.1 Å². The highest BCUT2D eigenvalue weighted by Crippen LogP contribution is 2.28. The van der Waals surface area contributed by atoms with Crippen molar-refractivity contribution >= 4 is 21.8 Å². The maximum atomic E-state index is 13.0. The topological polar surface area (TPSA) is 97.7 Å². The third kappa shape index (κ3) is 5.66. The van der Waals surface area contributed by atoms with Crippen molar-refractivity contribution in [3.05, 3.63) is 71.8 Å². The van der Waals surface area contributed by atoms with E-state index in [0.717, 1.165) is 0 Å². The molecule has 0 amide bonds. The predicted octanol–water partition coefficient (Wildman–Crippen LogP) is 3.30. The van der Waals surface area contributed by atoms with Crippen molar-refractivity contribution in [3.63, 3.8) is 0 Å². The number of carbonyl (C=O) groups is 2. The van der Waals surface area contributed by atoms with Gasteiger partial charge < -0.3 is 9.84 Å². The van der Waals surface area contributed by atoms with Crippen LogP contribution >= 0.6 is 0 Å². The second kappa shape index (κ2) is 9.01. The van der Waals surface area contributed by atoms with Gasteiger partial charge in [-0.15, -0.1) is 0 Å². The molecule has 0 spiro atoms. The molecule has 6 nitrogen and oxygen atoms in total. The molecule has 0 heterocycles. The Balaban J connectivity index is 2.13. The minimum atomic E-state index is -3.77. The SMILES string of the molecule is CC(C)(COC(=O)c1ccccc1)S(=O)(=O)CC(CC(=O)O)c1ccccc1. The predicted molar refractivity (Wildman–Crippen MR) is 106 cm³/mol. The number of hydrogen-bond donors (Lipinski definition) is 1. The van der Waals surface area contributed by atoms with Gasteiger partial charge >= 0.3 is 11.9 Å². The lowest BCUT2D eigenvalue weighted by Gasteiger charge is -2.27. The Kier molecular flexibility index (Phi) is 6.96. The van der Waals surface area contributed by atoms with Crippen LogP contribution in [0.4, 0.5) is 0 Å². The number of sulfone groups is 1. The van der Waals surface area contributed by atoms with E-state index in [1.54, 1.807) is 60.7 Å². The third-order valence-electron chi connectivity index (χ3n) is 4.51. The fourth-order valence-corrected chi connectivity index (χ4v) is 4.22. The van der Waals surface area contributed by atoms with E-state index in [1.807, 2.05) is 0 Å². The van der Waals surface area contributed by atoms with Crippen LogP contribution in [0.3, 0.4) is 0 Å². The number of aliphatic carboxylic acids is 1. The van der Waals surface area contributed by atoms with Crippen LogP contribution in [-0.4, -0.2) is 42.6 Å². The zero-order valence-electron chi connectivity index (χ0n) is 15.9. The summed E-state index contributed by atoms with van der Waals surface area (Å²) >= 11 is 0. The summed E-state index contributed by atoms with van der Waals surface area (Å²) in [6.07, 6.45) is -0.302. The number of hydrogen-bond acceptors (Lipinski definition) is 5. The number of carboxylic acid groups (broad SMARTS) is 1. The minimum Gasteiger partial charge on any atom is -0.481 e. The molecule has 0 saturated carbocycles. The van der Waals surface area contributed by atoms with Crippen molar-refractivity contribution in [1.82, 2.24) is 0 Å². The Hall–Kier alpha value is -2.67. The summed E-state index contributed by atoms with van der Waals surface area (Å²) < 4.78 is 29.8. The molecule has 1 unspecified atom stereocenters. The van der Waals surface area contributed by atoms with E-state index in [0.29, 0.717) is 11.1 Å². The molecule has 2 aromatic rings. The van der Waals surface area contributed by atoms with Gasteiger partial charge in [0.25, 0.3) is 0 Å². The molecule has 1 N–H and O–H groups in total. The maximum Gasteiger partial charge on any atom is 0.338 e. The average Bonchev–Trinajstić information content (AvgIpc) is 2.66. The summed E-state index contributed by atoms with van der Waals surface area (Å²) in [7, 11) is -3.77. The monoisotopic (exact) mass is 404 g/mol. The molecule has 28 heavy (non-hydrogen) atoms. The Morgan fingerprint density at radius 3 is 2.07 bits per heavy atom. The number of ether oxygens (including phenoxy) is 1. The molecule has 2 aromatic carbocycles. The molecule has 0 aliphatic rings. The van der Waals surface area contributed by atoms with E-state index in [-0.39, 0.29) is 18.8 Å². The van der Waals surface area contributed by atoms with Gasteiger partial charge in [0.15, 0.2) is 9.84 Å². The first-order valence-corrected chi connectivity index (χ1v) is 10.5. The van der Waals surface area contributed by atoms with Crippen molar-refractivity contribution in [1.29, 1.82) is 0 Å². The summed E-state index contributed by atoms with van der Waals surface area (Å²) in [6.45, 7) is 2.63. The van der Waals surface area contributed by atoms with E-state index in [1.165, 1.54) is 13.8 Å². The number of benzene rings is 2. The van der Waals surface area contributed by atoms with Crippen molar-refractivity contribution in [2.75, 3.05) is 12.4 Å². The van der Waals surface area contributed by atoms with Gasteiger partial charge in [-0.25, -0.2) is 13.2 Å². The highest BCUT2D eigenvalue weighted by molar-refractivity contribution is 7.92. The number of rotatable bonds is 9. The van der Waals surface area contributed by atoms with Crippen LogP contribution in [0.2, 0.25) is 0 Å². The van der Waals surface area contributed by atoms with Crippen LogP contribution in [-0.2, 0) is 19.4 Å². The van der Waals surface area contributed by atoms with E-state index in [9.17, 15) is 23.1 Å². The standard InChI is InChI=1S/C21H24O6S/c1-21(2,15-27-20(24)17-11-7-4-8-12-17)28(25,26)14-18(13-19(22)23)16-9-5-3-6-10-16/h3-12,18H,13-15H2,1-2H3,(H,22,23). The zero-order valence-corrected chi connectivity index (χ0v) is 16.7. The Labute approximate surface area is 165 Å². The molecule has 0 saturated heterocycles. The van der Waals surface area contributed by atoms with Gasteiger partial charge in [0, 0.05) is 5.92 Å². The van der Waals surface area contributed by atoms with Crippen LogP contribution < -0.4 is 0 Å². The Bertz CT molecular complexity index is 904. The fraction of sp³-hybridized carbons (Fsp3) is 0.333.